The van der Waals surface area contributed by atoms with Gasteiger partial charge in [0.1, 0.15) is 5.54 Å². The van der Waals surface area contributed by atoms with Gasteiger partial charge in [0.25, 0.3) is 0 Å². The van der Waals surface area contributed by atoms with E-state index in [0.29, 0.717) is 19.0 Å². The molecule has 1 saturated heterocycles. The largest absolute Gasteiger partial charge is 0.350 e. The Labute approximate surface area is 168 Å². The van der Waals surface area contributed by atoms with Gasteiger partial charge in [0.2, 0.25) is 21.8 Å². The van der Waals surface area contributed by atoms with Crippen LogP contribution in [0.4, 0.5) is 0 Å². The maximum absolute atomic E-state index is 13.1. The maximum Gasteiger partial charge on any atom is 0.247 e. The number of carbonyl (C=O) groups excluding carboxylic acids is 2. The molecule has 1 aliphatic rings. The van der Waals surface area contributed by atoms with Crippen molar-refractivity contribution < 1.29 is 18.0 Å². The average Bonchev–Trinajstić information content (AvgIpc) is 2.59. The number of rotatable bonds is 7. The fourth-order valence-electron chi connectivity index (χ4n) is 3.26. The number of benzene rings is 1. The Morgan fingerprint density at radius 3 is 2.39 bits per heavy atom. The van der Waals surface area contributed by atoms with Crippen LogP contribution in [0.2, 0.25) is 0 Å². The number of nitrogens with one attached hydrogen (secondary N) is 1. The minimum atomic E-state index is -3.58. The highest BCUT2D eigenvalue weighted by molar-refractivity contribution is 7.88. The Kier molecular flexibility index (Phi) is 6.88. The SMILES string of the molecule is Cc1ccc(CNC(=O)[C@]2(C)CN(S(C)(=O)=O)CC(=O)N2CCC(C)C)cc1. The van der Waals surface area contributed by atoms with Crippen molar-refractivity contribution >= 4 is 21.8 Å². The van der Waals surface area contributed by atoms with Crippen LogP contribution >= 0.6 is 0 Å². The minimum Gasteiger partial charge on any atom is -0.350 e. The second-order valence-corrected chi connectivity index (χ2v) is 10.2. The number of hydrogen-bond donors (Lipinski definition) is 1. The predicted octanol–water partition coefficient (Wildman–Crippen LogP) is 1.52. The van der Waals surface area contributed by atoms with Crippen LogP contribution in [0.1, 0.15) is 38.3 Å². The number of amides is 2. The molecule has 1 fully saturated rings. The molecule has 8 heteroatoms. The Morgan fingerprint density at radius 1 is 1.25 bits per heavy atom. The lowest BCUT2D eigenvalue weighted by atomic mass is 9.94. The third-order valence-corrected chi connectivity index (χ3v) is 6.35. The third kappa shape index (κ3) is 5.32. The standard InChI is InChI=1S/C20H31N3O4S/c1-15(2)10-11-23-18(24)13-22(28(5,26)27)14-20(23,4)19(25)21-12-17-8-6-16(3)7-9-17/h6-9,15H,10-14H2,1-5H3,(H,21,25)/t20-/m0/s1. The minimum absolute atomic E-state index is 0.0462. The van der Waals surface area contributed by atoms with E-state index in [1.165, 1.54) is 0 Å². The molecule has 28 heavy (non-hydrogen) atoms. The fraction of sp³-hybridized carbons (Fsp3) is 0.600. The van der Waals surface area contributed by atoms with Crippen molar-refractivity contribution in [3.63, 3.8) is 0 Å². The van der Waals surface area contributed by atoms with E-state index in [2.05, 4.69) is 5.32 Å². The molecule has 156 valence electrons. The molecular weight excluding hydrogens is 378 g/mol. The Morgan fingerprint density at radius 2 is 1.86 bits per heavy atom. The summed E-state index contributed by atoms with van der Waals surface area (Å²) in [5.74, 6) is -0.329. The summed E-state index contributed by atoms with van der Waals surface area (Å²) >= 11 is 0. The van der Waals surface area contributed by atoms with Crippen LogP contribution in [-0.4, -0.2) is 60.9 Å². The molecule has 1 N–H and O–H groups in total. The van der Waals surface area contributed by atoms with Crippen molar-refractivity contribution in [3.05, 3.63) is 35.4 Å². The van der Waals surface area contributed by atoms with Gasteiger partial charge >= 0.3 is 0 Å². The summed E-state index contributed by atoms with van der Waals surface area (Å²) in [5.41, 5.74) is 0.819. The number of aryl methyl sites for hydroxylation is 1. The number of sulfonamides is 1. The summed E-state index contributed by atoms with van der Waals surface area (Å²) in [4.78, 5) is 27.4. The molecule has 0 spiro atoms. The first-order chi connectivity index (χ1) is 12.9. The zero-order valence-corrected chi connectivity index (χ0v) is 18.2. The van der Waals surface area contributed by atoms with Crippen LogP contribution in [0, 0.1) is 12.8 Å². The predicted molar refractivity (Wildman–Crippen MR) is 109 cm³/mol. The molecular formula is C20H31N3O4S. The Balaban J connectivity index is 2.23. The molecule has 2 amide bonds. The lowest BCUT2D eigenvalue weighted by molar-refractivity contribution is -0.153. The first-order valence-corrected chi connectivity index (χ1v) is 11.4. The van der Waals surface area contributed by atoms with Gasteiger partial charge in [-0.3, -0.25) is 9.59 Å². The second kappa shape index (κ2) is 8.61. The molecule has 1 aromatic rings. The van der Waals surface area contributed by atoms with Crippen molar-refractivity contribution in [1.29, 1.82) is 0 Å². The van der Waals surface area contributed by atoms with E-state index < -0.39 is 15.6 Å². The zero-order chi connectivity index (χ0) is 21.1. The van der Waals surface area contributed by atoms with E-state index in [0.717, 1.165) is 28.1 Å². The molecule has 0 aliphatic carbocycles. The van der Waals surface area contributed by atoms with Crippen molar-refractivity contribution in [2.45, 2.75) is 46.2 Å². The molecule has 1 atom stereocenters. The molecule has 0 bridgehead atoms. The molecule has 2 rings (SSSR count). The van der Waals surface area contributed by atoms with E-state index in [4.69, 9.17) is 0 Å². The smallest absolute Gasteiger partial charge is 0.247 e. The van der Waals surface area contributed by atoms with Gasteiger partial charge in [0.15, 0.2) is 0 Å². The van der Waals surface area contributed by atoms with E-state index >= 15 is 0 Å². The van der Waals surface area contributed by atoms with Gasteiger partial charge in [0.05, 0.1) is 12.8 Å². The van der Waals surface area contributed by atoms with Gasteiger partial charge in [-0.05, 0) is 31.7 Å². The van der Waals surface area contributed by atoms with Crippen LogP contribution in [-0.2, 0) is 26.2 Å². The van der Waals surface area contributed by atoms with Crippen molar-refractivity contribution in [3.8, 4) is 0 Å². The van der Waals surface area contributed by atoms with Crippen LogP contribution in [0.3, 0.4) is 0 Å². The number of piperazine rings is 1. The summed E-state index contributed by atoms with van der Waals surface area (Å²) < 4.78 is 25.2. The third-order valence-electron chi connectivity index (χ3n) is 5.15. The normalized spacial score (nSPS) is 21.2. The summed E-state index contributed by atoms with van der Waals surface area (Å²) in [6.07, 6.45) is 1.81. The maximum atomic E-state index is 13.1. The first kappa shape index (κ1) is 22.4. The van der Waals surface area contributed by atoms with Gasteiger partial charge in [0, 0.05) is 19.6 Å². The zero-order valence-electron chi connectivity index (χ0n) is 17.4. The van der Waals surface area contributed by atoms with E-state index in [-0.39, 0.29) is 24.9 Å². The van der Waals surface area contributed by atoms with Crippen LogP contribution in [0.5, 0.6) is 0 Å². The fourth-order valence-corrected chi connectivity index (χ4v) is 4.09. The highest BCUT2D eigenvalue weighted by atomic mass is 32.2. The van der Waals surface area contributed by atoms with Gasteiger partial charge < -0.3 is 10.2 Å². The van der Waals surface area contributed by atoms with Crippen molar-refractivity contribution in [2.75, 3.05) is 25.9 Å². The lowest BCUT2D eigenvalue weighted by Crippen LogP contribution is -2.69. The number of nitrogens with zero attached hydrogens (tertiary/aromatic N) is 2. The molecule has 0 saturated carbocycles. The van der Waals surface area contributed by atoms with Crippen molar-refractivity contribution in [2.24, 2.45) is 5.92 Å². The first-order valence-electron chi connectivity index (χ1n) is 9.53. The Hall–Kier alpha value is -1.93. The number of carbonyl (C=O) groups is 2. The topological polar surface area (TPSA) is 86.8 Å². The lowest BCUT2D eigenvalue weighted by Gasteiger charge is -2.46. The van der Waals surface area contributed by atoms with Crippen LogP contribution in [0.25, 0.3) is 0 Å². The second-order valence-electron chi connectivity index (χ2n) is 8.20. The van der Waals surface area contributed by atoms with E-state index in [1.54, 1.807) is 11.8 Å². The monoisotopic (exact) mass is 409 g/mol. The van der Waals surface area contributed by atoms with Gasteiger partial charge in [-0.2, -0.15) is 4.31 Å². The summed E-state index contributed by atoms with van der Waals surface area (Å²) in [5, 5.41) is 2.88. The van der Waals surface area contributed by atoms with Crippen LogP contribution in [0.15, 0.2) is 24.3 Å². The van der Waals surface area contributed by atoms with Gasteiger partial charge in [-0.25, -0.2) is 8.42 Å². The highest BCUT2D eigenvalue weighted by Gasteiger charge is 2.49. The summed E-state index contributed by atoms with van der Waals surface area (Å²) in [7, 11) is -3.58. The molecule has 7 nitrogen and oxygen atoms in total. The van der Waals surface area contributed by atoms with Gasteiger partial charge in [-0.15, -0.1) is 0 Å². The molecule has 0 aromatic heterocycles. The average molecular weight is 410 g/mol. The molecule has 0 radical (unpaired) electrons. The quantitative estimate of drug-likeness (QED) is 0.740. The molecule has 1 aromatic carbocycles. The summed E-state index contributed by atoms with van der Waals surface area (Å²) in [6.45, 7) is 8.20. The van der Waals surface area contributed by atoms with Crippen molar-refractivity contribution in [1.82, 2.24) is 14.5 Å². The van der Waals surface area contributed by atoms with Crippen LogP contribution < -0.4 is 5.32 Å². The highest BCUT2D eigenvalue weighted by Crippen LogP contribution is 2.26. The molecule has 0 unspecified atom stereocenters. The number of hydrogen-bond acceptors (Lipinski definition) is 4. The molecule has 1 aliphatic heterocycles. The van der Waals surface area contributed by atoms with E-state index in [9.17, 15) is 18.0 Å². The van der Waals surface area contributed by atoms with Gasteiger partial charge in [-0.1, -0.05) is 43.7 Å². The molecule has 1 heterocycles. The summed E-state index contributed by atoms with van der Waals surface area (Å²) in [6, 6.07) is 7.80. The Bertz CT molecular complexity index is 820. The van der Waals surface area contributed by atoms with E-state index in [1.807, 2.05) is 45.0 Å².